The third kappa shape index (κ3) is 7.43. The molecule has 0 bridgehead atoms. The van der Waals surface area contributed by atoms with Crippen molar-refractivity contribution in [2.45, 2.75) is 63.0 Å². The zero-order valence-corrected chi connectivity index (χ0v) is 21.2. The van der Waals surface area contributed by atoms with Crippen molar-refractivity contribution in [1.29, 1.82) is 0 Å². The lowest BCUT2D eigenvalue weighted by Crippen LogP contribution is -2.38. The van der Waals surface area contributed by atoms with E-state index in [1.54, 1.807) is 24.2 Å². The number of hydrogen-bond donors (Lipinski definition) is 2. The Morgan fingerprint density at radius 2 is 1.88 bits per heavy atom. The molecule has 0 aliphatic rings. The van der Waals surface area contributed by atoms with Gasteiger partial charge in [0.05, 0.1) is 21.9 Å². The summed E-state index contributed by atoms with van der Waals surface area (Å²) in [6.45, 7) is 10.0. The first kappa shape index (κ1) is 25.0. The average Bonchev–Trinajstić information content (AvgIpc) is 3.41. The predicted molar refractivity (Wildman–Crippen MR) is 132 cm³/mol. The Morgan fingerprint density at radius 1 is 1.15 bits per heavy atom. The topological polar surface area (TPSA) is 97.1 Å². The number of oxazole rings is 1. The van der Waals surface area contributed by atoms with Crippen LogP contribution in [0, 0.1) is 5.41 Å². The first-order valence-corrected chi connectivity index (χ1v) is 12.6. The van der Waals surface area contributed by atoms with E-state index < -0.39 is 6.04 Å². The maximum absolute atomic E-state index is 13.1. The fraction of sp³-hybridized carbons (Fsp3) is 0.417. The van der Waals surface area contributed by atoms with Crippen LogP contribution in [0.1, 0.15) is 69.5 Å². The largest absolute Gasteiger partial charge is 0.445 e. The number of benzene rings is 1. The fourth-order valence-electron chi connectivity index (χ4n) is 3.09. The van der Waals surface area contributed by atoms with E-state index in [0.717, 1.165) is 16.4 Å². The van der Waals surface area contributed by atoms with Gasteiger partial charge in [-0.05, 0) is 17.9 Å². The van der Waals surface area contributed by atoms with Crippen LogP contribution in [0.25, 0.3) is 0 Å². The SMILES string of the molecule is CCc1cnc(C(C)Sc2cnc(NC(=O)[C@@H](NC(=O)CC(C)(C)C)c3ccccc3)s2)o1. The van der Waals surface area contributed by atoms with E-state index in [1.165, 1.54) is 11.3 Å². The number of carbonyl (C=O) groups is 2. The minimum absolute atomic E-state index is 0.0167. The van der Waals surface area contributed by atoms with Gasteiger partial charge in [0, 0.05) is 12.8 Å². The normalized spacial score (nSPS) is 13.4. The molecule has 0 spiro atoms. The highest BCUT2D eigenvalue weighted by atomic mass is 32.2. The number of thioether (sulfide) groups is 1. The van der Waals surface area contributed by atoms with E-state index in [-0.39, 0.29) is 22.5 Å². The van der Waals surface area contributed by atoms with Crippen molar-refractivity contribution in [3.05, 3.63) is 59.9 Å². The number of aryl methyl sites for hydroxylation is 1. The number of amides is 2. The molecule has 2 aromatic heterocycles. The quantitative estimate of drug-likeness (QED) is 0.372. The molecule has 0 fully saturated rings. The predicted octanol–water partition coefficient (Wildman–Crippen LogP) is 5.78. The van der Waals surface area contributed by atoms with Gasteiger partial charge >= 0.3 is 0 Å². The van der Waals surface area contributed by atoms with Crippen molar-refractivity contribution in [1.82, 2.24) is 15.3 Å². The van der Waals surface area contributed by atoms with Crippen LogP contribution in [0.3, 0.4) is 0 Å². The molecule has 2 atom stereocenters. The van der Waals surface area contributed by atoms with Crippen molar-refractivity contribution in [3.63, 3.8) is 0 Å². The molecule has 0 saturated carbocycles. The Bertz CT molecular complexity index is 1070. The molecule has 0 aliphatic carbocycles. The van der Waals surface area contributed by atoms with Gasteiger partial charge in [0.1, 0.15) is 11.8 Å². The zero-order valence-electron chi connectivity index (χ0n) is 19.5. The van der Waals surface area contributed by atoms with E-state index in [0.29, 0.717) is 23.0 Å². The highest BCUT2D eigenvalue weighted by Gasteiger charge is 2.26. The van der Waals surface area contributed by atoms with Crippen LogP contribution in [0.15, 0.2) is 51.4 Å². The molecule has 2 heterocycles. The molecule has 3 aromatic rings. The molecule has 7 nitrogen and oxygen atoms in total. The number of thiazole rings is 1. The summed E-state index contributed by atoms with van der Waals surface area (Å²) in [7, 11) is 0. The summed E-state index contributed by atoms with van der Waals surface area (Å²) < 4.78 is 6.66. The van der Waals surface area contributed by atoms with Crippen molar-refractivity contribution in [2.75, 3.05) is 5.32 Å². The second-order valence-electron chi connectivity index (χ2n) is 8.90. The molecule has 1 aromatic carbocycles. The van der Waals surface area contributed by atoms with Crippen LogP contribution in [0.4, 0.5) is 5.13 Å². The van der Waals surface area contributed by atoms with Crippen molar-refractivity contribution in [2.24, 2.45) is 5.41 Å². The number of rotatable bonds is 9. The molecule has 33 heavy (non-hydrogen) atoms. The second-order valence-corrected chi connectivity index (χ2v) is 11.6. The standard InChI is InChI=1S/C24H30N4O3S2/c1-6-17-13-25-22(31-17)15(2)32-19-14-26-23(33-19)28-21(30)20(16-10-8-7-9-11-16)27-18(29)12-24(3,4)5/h7-11,13-15,20H,6,12H2,1-5H3,(H,27,29)(H,26,28,30)/t15?,20-/m0/s1. The molecule has 0 radical (unpaired) electrons. The van der Waals surface area contributed by atoms with Crippen LogP contribution in [-0.2, 0) is 16.0 Å². The summed E-state index contributed by atoms with van der Waals surface area (Å²) in [4.78, 5) is 34.3. The van der Waals surface area contributed by atoms with Crippen LogP contribution in [-0.4, -0.2) is 21.8 Å². The van der Waals surface area contributed by atoms with Gasteiger partial charge in [0.2, 0.25) is 11.8 Å². The second kappa shape index (κ2) is 11.0. The van der Waals surface area contributed by atoms with Gasteiger partial charge in [-0.15, -0.1) is 11.8 Å². The summed E-state index contributed by atoms with van der Waals surface area (Å²) in [5.74, 6) is 1.02. The van der Waals surface area contributed by atoms with Crippen LogP contribution in [0.2, 0.25) is 0 Å². The number of aromatic nitrogens is 2. The van der Waals surface area contributed by atoms with Crippen LogP contribution in [0.5, 0.6) is 0 Å². The Morgan fingerprint density at radius 3 is 2.52 bits per heavy atom. The maximum Gasteiger partial charge on any atom is 0.253 e. The molecule has 1 unspecified atom stereocenters. The molecule has 176 valence electrons. The van der Waals surface area contributed by atoms with Crippen molar-refractivity contribution in [3.8, 4) is 0 Å². The number of nitrogens with one attached hydrogen (secondary N) is 2. The molecule has 0 aliphatic heterocycles. The highest BCUT2D eigenvalue weighted by Crippen LogP contribution is 2.38. The van der Waals surface area contributed by atoms with Gasteiger partial charge in [-0.1, -0.05) is 69.4 Å². The summed E-state index contributed by atoms with van der Waals surface area (Å²) in [6.07, 6.45) is 4.60. The summed E-state index contributed by atoms with van der Waals surface area (Å²) in [5, 5.41) is 6.23. The van der Waals surface area contributed by atoms with Crippen molar-refractivity contribution >= 4 is 40.0 Å². The van der Waals surface area contributed by atoms with Crippen LogP contribution >= 0.6 is 23.1 Å². The average molecular weight is 487 g/mol. The van der Waals surface area contributed by atoms with Gasteiger partial charge in [0.15, 0.2) is 5.13 Å². The third-order valence-electron chi connectivity index (χ3n) is 4.67. The van der Waals surface area contributed by atoms with E-state index in [1.807, 2.05) is 65.0 Å². The third-order valence-corrected chi connectivity index (χ3v) is 6.81. The molecule has 0 saturated heterocycles. The first-order chi connectivity index (χ1) is 15.6. The molecular weight excluding hydrogens is 456 g/mol. The van der Waals surface area contributed by atoms with E-state index in [2.05, 4.69) is 20.6 Å². The van der Waals surface area contributed by atoms with Gasteiger partial charge in [-0.25, -0.2) is 9.97 Å². The maximum atomic E-state index is 13.1. The summed E-state index contributed by atoms with van der Waals surface area (Å²) in [5.41, 5.74) is 0.536. The Kier molecular flexibility index (Phi) is 8.31. The summed E-state index contributed by atoms with van der Waals surface area (Å²) in [6, 6.07) is 8.41. The highest BCUT2D eigenvalue weighted by molar-refractivity contribution is 8.01. The lowest BCUT2D eigenvalue weighted by molar-refractivity contribution is -0.127. The lowest BCUT2D eigenvalue weighted by Gasteiger charge is -2.22. The van der Waals surface area contributed by atoms with Crippen molar-refractivity contribution < 1.29 is 14.0 Å². The number of hydrogen-bond acceptors (Lipinski definition) is 7. The van der Waals surface area contributed by atoms with Crippen LogP contribution < -0.4 is 10.6 Å². The number of anilines is 1. The summed E-state index contributed by atoms with van der Waals surface area (Å²) >= 11 is 2.94. The Hall–Kier alpha value is -2.65. The van der Waals surface area contributed by atoms with E-state index in [4.69, 9.17) is 4.42 Å². The smallest absolute Gasteiger partial charge is 0.253 e. The lowest BCUT2D eigenvalue weighted by atomic mass is 9.91. The molecular formula is C24H30N4O3S2. The first-order valence-electron chi connectivity index (χ1n) is 10.9. The zero-order chi connectivity index (χ0) is 24.0. The van der Waals surface area contributed by atoms with E-state index >= 15 is 0 Å². The molecule has 2 N–H and O–H groups in total. The molecule has 9 heteroatoms. The van der Waals surface area contributed by atoms with Gasteiger partial charge in [-0.2, -0.15) is 0 Å². The monoisotopic (exact) mass is 486 g/mol. The molecule has 2 amide bonds. The molecule has 3 rings (SSSR count). The van der Waals surface area contributed by atoms with E-state index in [9.17, 15) is 9.59 Å². The minimum atomic E-state index is -0.806. The Balaban J connectivity index is 1.68. The Labute approximate surface area is 202 Å². The number of nitrogens with zero attached hydrogens (tertiary/aromatic N) is 2. The minimum Gasteiger partial charge on any atom is -0.445 e. The number of carbonyl (C=O) groups excluding carboxylic acids is 2. The van der Waals surface area contributed by atoms with Gasteiger partial charge in [-0.3, -0.25) is 14.9 Å². The van der Waals surface area contributed by atoms with Gasteiger partial charge < -0.3 is 9.73 Å². The van der Waals surface area contributed by atoms with Gasteiger partial charge in [0.25, 0.3) is 5.91 Å². The fourth-order valence-corrected chi connectivity index (χ4v) is 5.17.